The Morgan fingerprint density at radius 1 is 1.29 bits per heavy atom. The molecule has 0 spiro atoms. The normalized spacial score (nSPS) is 9.82. The van der Waals surface area contributed by atoms with E-state index in [-0.39, 0.29) is 5.56 Å². The lowest BCUT2D eigenvalue weighted by molar-refractivity contribution is -0.151. The summed E-state index contributed by atoms with van der Waals surface area (Å²) in [5, 5.41) is 0. The summed E-state index contributed by atoms with van der Waals surface area (Å²) in [5.41, 5.74) is 0.502. The van der Waals surface area contributed by atoms with Crippen molar-refractivity contribution >= 4 is 17.5 Å². The zero-order valence-electron chi connectivity index (χ0n) is 9.45. The zero-order chi connectivity index (χ0) is 13.0. The van der Waals surface area contributed by atoms with Gasteiger partial charge in [-0.15, -0.1) is 0 Å². The Morgan fingerprint density at radius 2 is 1.94 bits per heavy atom. The van der Waals surface area contributed by atoms with Crippen LogP contribution in [0.3, 0.4) is 0 Å². The highest BCUT2D eigenvalue weighted by Gasteiger charge is 2.19. The minimum absolute atomic E-state index is 0.196. The van der Waals surface area contributed by atoms with Crippen LogP contribution in [0.25, 0.3) is 0 Å². The van der Waals surface area contributed by atoms with Crippen LogP contribution in [0, 0.1) is 12.7 Å². The van der Waals surface area contributed by atoms with E-state index in [4.69, 9.17) is 0 Å². The molecular formula is C12H11FO4. The Balaban J connectivity index is 2.80. The predicted molar refractivity (Wildman–Crippen MR) is 57.1 cm³/mol. The fourth-order valence-corrected chi connectivity index (χ4v) is 1.25. The van der Waals surface area contributed by atoms with Crippen molar-refractivity contribution in [3.8, 4) is 0 Å². The molecule has 0 fully saturated rings. The first kappa shape index (κ1) is 13.0. The highest BCUT2D eigenvalue weighted by atomic mass is 19.1. The molecule has 0 atom stereocenters. The lowest BCUT2D eigenvalue weighted by Gasteiger charge is -2.02. The second-order valence-electron chi connectivity index (χ2n) is 3.48. The molecule has 0 heterocycles. The number of esters is 1. The average molecular weight is 238 g/mol. The van der Waals surface area contributed by atoms with E-state index < -0.39 is 29.8 Å². The number of rotatable bonds is 4. The van der Waals surface area contributed by atoms with E-state index >= 15 is 0 Å². The van der Waals surface area contributed by atoms with Gasteiger partial charge < -0.3 is 4.74 Å². The van der Waals surface area contributed by atoms with Crippen LogP contribution in [-0.4, -0.2) is 24.6 Å². The molecule has 17 heavy (non-hydrogen) atoms. The summed E-state index contributed by atoms with van der Waals surface area (Å²) in [6.45, 7) is 1.51. The lowest BCUT2D eigenvalue weighted by Crippen LogP contribution is -2.19. The number of ether oxygens (including phenoxy) is 1. The van der Waals surface area contributed by atoms with Crippen molar-refractivity contribution in [2.75, 3.05) is 7.11 Å². The summed E-state index contributed by atoms with van der Waals surface area (Å²) in [4.78, 5) is 33.5. The van der Waals surface area contributed by atoms with E-state index in [2.05, 4.69) is 4.74 Å². The molecule has 0 radical (unpaired) electrons. The Hall–Kier alpha value is -2.04. The van der Waals surface area contributed by atoms with Crippen LogP contribution in [0.15, 0.2) is 18.2 Å². The number of benzene rings is 1. The first-order valence-electron chi connectivity index (χ1n) is 4.86. The average Bonchev–Trinajstić information content (AvgIpc) is 2.31. The number of hydrogen-bond acceptors (Lipinski definition) is 4. The van der Waals surface area contributed by atoms with Crippen molar-refractivity contribution in [2.24, 2.45) is 0 Å². The van der Waals surface area contributed by atoms with Crippen molar-refractivity contribution < 1.29 is 23.5 Å². The molecule has 1 aromatic carbocycles. The van der Waals surface area contributed by atoms with Gasteiger partial charge >= 0.3 is 5.97 Å². The molecule has 0 unspecified atom stereocenters. The van der Waals surface area contributed by atoms with Crippen molar-refractivity contribution in [1.82, 2.24) is 0 Å². The van der Waals surface area contributed by atoms with Gasteiger partial charge in [0, 0.05) is 5.56 Å². The van der Waals surface area contributed by atoms with Crippen LogP contribution < -0.4 is 0 Å². The summed E-state index contributed by atoms with van der Waals surface area (Å²) >= 11 is 0. The van der Waals surface area contributed by atoms with Crippen LogP contribution in [0.1, 0.15) is 22.3 Å². The van der Waals surface area contributed by atoms with Gasteiger partial charge in [0.05, 0.1) is 13.5 Å². The maximum atomic E-state index is 13.0. The molecule has 0 N–H and O–H groups in total. The summed E-state index contributed by atoms with van der Waals surface area (Å²) in [7, 11) is 1.06. The molecule has 90 valence electrons. The van der Waals surface area contributed by atoms with E-state index in [0.29, 0.717) is 5.56 Å². The summed E-state index contributed by atoms with van der Waals surface area (Å²) < 4.78 is 17.1. The van der Waals surface area contributed by atoms with E-state index in [0.717, 1.165) is 13.2 Å². The van der Waals surface area contributed by atoms with Crippen molar-refractivity contribution in [3.63, 3.8) is 0 Å². The fraction of sp³-hybridized carbons (Fsp3) is 0.250. The molecule has 0 aliphatic rings. The maximum absolute atomic E-state index is 13.0. The highest BCUT2D eigenvalue weighted by Crippen LogP contribution is 2.11. The van der Waals surface area contributed by atoms with Gasteiger partial charge in [0.2, 0.25) is 5.78 Å². The van der Waals surface area contributed by atoms with E-state index in [1.54, 1.807) is 0 Å². The van der Waals surface area contributed by atoms with Gasteiger partial charge in [-0.25, -0.2) is 9.18 Å². The Labute approximate surface area is 97.4 Å². The molecule has 0 aromatic heterocycles. The molecule has 0 aliphatic heterocycles. The quantitative estimate of drug-likeness (QED) is 0.345. The van der Waals surface area contributed by atoms with Crippen molar-refractivity contribution in [1.29, 1.82) is 0 Å². The smallest absolute Gasteiger partial charge is 0.374 e. The van der Waals surface area contributed by atoms with Crippen LogP contribution in [0.2, 0.25) is 0 Å². The number of halogens is 1. The monoisotopic (exact) mass is 238 g/mol. The molecular weight excluding hydrogens is 227 g/mol. The minimum atomic E-state index is -1.06. The Morgan fingerprint density at radius 3 is 2.47 bits per heavy atom. The van der Waals surface area contributed by atoms with Gasteiger partial charge in [0.15, 0.2) is 5.78 Å². The molecule has 1 rings (SSSR count). The first-order valence-corrected chi connectivity index (χ1v) is 4.86. The topological polar surface area (TPSA) is 60.4 Å². The van der Waals surface area contributed by atoms with Crippen LogP contribution in [0.5, 0.6) is 0 Å². The van der Waals surface area contributed by atoms with E-state index in [1.807, 2.05) is 0 Å². The largest absolute Gasteiger partial charge is 0.463 e. The summed E-state index contributed by atoms with van der Waals surface area (Å²) in [6, 6.07) is 3.75. The van der Waals surface area contributed by atoms with Gasteiger partial charge in [-0.3, -0.25) is 9.59 Å². The van der Waals surface area contributed by atoms with Gasteiger partial charge in [-0.2, -0.15) is 0 Å². The van der Waals surface area contributed by atoms with Gasteiger partial charge in [-0.05, 0) is 30.7 Å². The molecule has 0 aliphatic carbocycles. The molecule has 0 saturated heterocycles. The van der Waals surface area contributed by atoms with Gasteiger partial charge in [0.1, 0.15) is 5.82 Å². The van der Waals surface area contributed by atoms with E-state index in [9.17, 15) is 18.8 Å². The number of hydrogen-bond donors (Lipinski definition) is 0. The summed E-state index contributed by atoms with van der Waals surface area (Å²) in [6.07, 6.45) is -0.572. The molecule has 0 bridgehead atoms. The number of ketones is 2. The van der Waals surface area contributed by atoms with Gasteiger partial charge in [-0.1, -0.05) is 0 Å². The predicted octanol–water partition coefficient (Wildman–Crippen LogP) is 1.45. The number of methoxy groups -OCH3 is 1. The van der Waals surface area contributed by atoms with Crippen LogP contribution >= 0.6 is 0 Å². The minimum Gasteiger partial charge on any atom is -0.463 e. The molecule has 0 amide bonds. The van der Waals surface area contributed by atoms with Gasteiger partial charge in [0.25, 0.3) is 0 Å². The lowest BCUT2D eigenvalue weighted by atomic mass is 10.0. The number of carbonyl (C=O) groups excluding carboxylic acids is 3. The zero-order valence-corrected chi connectivity index (χ0v) is 9.45. The third-order valence-corrected chi connectivity index (χ3v) is 2.21. The third-order valence-electron chi connectivity index (χ3n) is 2.21. The van der Waals surface area contributed by atoms with Crippen molar-refractivity contribution in [2.45, 2.75) is 13.3 Å². The van der Waals surface area contributed by atoms with Crippen molar-refractivity contribution in [3.05, 3.63) is 35.1 Å². The van der Waals surface area contributed by atoms with Crippen LogP contribution in [0.4, 0.5) is 4.39 Å². The van der Waals surface area contributed by atoms with E-state index in [1.165, 1.54) is 19.1 Å². The molecule has 5 heteroatoms. The fourth-order valence-electron chi connectivity index (χ4n) is 1.25. The Bertz CT molecular complexity index is 479. The first-order chi connectivity index (χ1) is 7.95. The molecule has 1 aromatic rings. The highest BCUT2D eigenvalue weighted by molar-refractivity contribution is 6.38. The molecule has 4 nitrogen and oxygen atoms in total. The van der Waals surface area contributed by atoms with Crippen LogP contribution in [-0.2, 0) is 14.3 Å². The second-order valence-corrected chi connectivity index (χ2v) is 3.48. The second kappa shape index (κ2) is 5.34. The number of carbonyl (C=O) groups is 3. The molecule has 0 saturated carbocycles. The number of Topliss-reactive ketones (excluding diaryl/α,β-unsaturated/α-hetero) is 2. The standard InChI is InChI=1S/C12H11FO4/c1-7-5-8(3-4-9(7)13)10(14)6-11(15)12(16)17-2/h3-5H,6H2,1-2H3. The summed E-state index contributed by atoms with van der Waals surface area (Å²) in [5.74, 6) is -2.94. The maximum Gasteiger partial charge on any atom is 0.374 e. The SMILES string of the molecule is COC(=O)C(=O)CC(=O)c1ccc(F)c(C)c1. The number of aryl methyl sites for hydroxylation is 1. The third kappa shape index (κ3) is 3.21. The Kier molecular flexibility index (Phi) is 4.09.